The molecule has 1 heterocycles. The summed E-state index contributed by atoms with van der Waals surface area (Å²) >= 11 is 5.82. The van der Waals surface area contributed by atoms with Crippen molar-refractivity contribution in [3.63, 3.8) is 0 Å². The number of ether oxygens (including phenoxy) is 1. The molecule has 0 aliphatic heterocycles. The zero-order valence-electron chi connectivity index (χ0n) is 14.0. The van der Waals surface area contributed by atoms with Crippen LogP contribution >= 0.6 is 11.6 Å². The monoisotopic (exact) mass is 379 g/mol. The van der Waals surface area contributed by atoms with Crippen molar-refractivity contribution < 1.29 is 14.3 Å². The van der Waals surface area contributed by atoms with Crippen molar-refractivity contribution in [1.29, 1.82) is 0 Å². The van der Waals surface area contributed by atoms with E-state index in [9.17, 15) is 9.59 Å². The van der Waals surface area contributed by atoms with Crippen LogP contribution in [0, 0.1) is 0 Å². The smallest absolute Gasteiger partial charge is 0.343 e. The van der Waals surface area contributed by atoms with Gasteiger partial charge in [0, 0.05) is 23.0 Å². The zero-order chi connectivity index (χ0) is 19.1. The van der Waals surface area contributed by atoms with Gasteiger partial charge in [0.2, 0.25) is 0 Å². The molecule has 0 radical (unpaired) electrons. The van der Waals surface area contributed by atoms with Gasteiger partial charge >= 0.3 is 5.97 Å². The van der Waals surface area contributed by atoms with Gasteiger partial charge in [-0.1, -0.05) is 23.7 Å². The van der Waals surface area contributed by atoms with Crippen LogP contribution in [0.2, 0.25) is 5.02 Å². The van der Waals surface area contributed by atoms with E-state index in [2.05, 4.69) is 15.5 Å². The Morgan fingerprint density at radius 1 is 1.00 bits per heavy atom. The summed E-state index contributed by atoms with van der Waals surface area (Å²) in [7, 11) is 0. The SMILES string of the molecule is O=C(N/N=C\c1ccccc1OC(=O)c1ccc(Cl)cc1)c1cccnc1. The molecule has 0 aliphatic rings. The molecular weight excluding hydrogens is 366 g/mol. The molecule has 0 saturated heterocycles. The van der Waals surface area contributed by atoms with Gasteiger partial charge in [-0.05, 0) is 48.5 Å². The third-order valence-electron chi connectivity index (χ3n) is 3.50. The van der Waals surface area contributed by atoms with Gasteiger partial charge in [-0.15, -0.1) is 0 Å². The maximum absolute atomic E-state index is 12.3. The van der Waals surface area contributed by atoms with Crippen LogP contribution in [-0.4, -0.2) is 23.1 Å². The van der Waals surface area contributed by atoms with Gasteiger partial charge in [-0.3, -0.25) is 9.78 Å². The molecule has 0 fully saturated rings. The number of halogens is 1. The van der Waals surface area contributed by atoms with E-state index in [4.69, 9.17) is 16.3 Å². The molecule has 1 amide bonds. The van der Waals surface area contributed by atoms with E-state index in [0.29, 0.717) is 27.5 Å². The standard InChI is InChI=1S/C20H14ClN3O3/c21-17-9-7-14(8-10-17)20(26)27-18-6-2-1-4-15(18)13-23-24-19(25)16-5-3-11-22-12-16/h1-13H,(H,24,25)/b23-13-. The molecule has 3 rings (SSSR count). The number of esters is 1. The Kier molecular flexibility index (Phi) is 5.91. The molecule has 27 heavy (non-hydrogen) atoms. The first-order valence-corrected chi connectivity index (χ1v) is 8.31. The van der Waals surface area contributed by atoms with Gasteiger partial charge in [0.25, 0.3) is 5.91 Å². The number of amides is 1. The number of nitrogens with one attached hydrogen (secondary N) is 1. The van der Waals surface area contributed by atoms with Crippen molar-refractivity contribution in [3.05, 3.63) is 94.8 Å². The van der Waals surface area contributed by atoms with Crippen molar-refractivity contribution in [3.8, 4) is 5.75 Å². The van der Waals surface area contributed by atoms with Crippen LogP contribution in [0.4, 0.5) is 0 Å². The number of pyridine rings is 1. The molecule has 1 N–H and O–H groups in total. The molecular formula is C20H14ClN3O3. The fourth-order valence-corrected chi connectivity index (χ4v) is 2.27. The van der Waals surface area contributed by atoms with E-state index in [-0.39, 0.29) is 0 Å². The Morgan fingerprint density at radius 3 is 2.52 bits per heavy atom. The fraction of sp³-hybridized carbons (Fsp3) is 0. The number of carbonyl (C=O) groups is 2. The minimum absolute atomic E-state index is 0.317. The molecule has 0 spiro atoms. The topological polar surface area (TPSA) is 80.6 Å². The number of nitrogens with zero attached hydrogens (tertiary/aromatic N) is 2. The Bertz CT molecular complexity index is 973. The third kappa shape index (κ3) is 4.99. The second-order valence-corrected chi connectivity index (χ2v) is 5.81. The highest BCUT2D eigenvalue weighted by atomic mass is 35.5. The molecule has 0 unspecified atom stereocenters. The van der Waals surface area contributed by atoms with Crippen molar-refractivity contribution in [2.45, 2.75) is 0 Å². The number of aromatic nitrogens is 1. The van der Waals surface area contributed by atoms with Crippen molar-refractivity contribution >= 4 is 29.7 Å². The number of para-hydroxylation sites is 1. The highest BCUT2D eigenvalue weighted by Gasteiger charge is 2.11. The van der Waals surface area contributed by atoms with Crippen LogP contribution in [0.25, 0.3) is 0 Å². The van der Waals surface area contributed by atoms with E-state index in [1.807, 2.05) is 0 Å². The molecule has 0 bridgehead atoms. The second kappa shape index (κ2) is 8.73. The summed E-state index contributed by atoms with van der Waals surface area (Å²) < 4.78 is 5.42. The van der Waals surface area contributed by atoms with Gasteiger partial charge in [0.15, 0.2) is 0 Å². The zero-order valence-corrected chi connectivity index (χ0v) is 14.8. The lowest BCUT2D eigenvalue weighted by molar-refractivity contribution is 0.0734. The van der Waals surface area contributed by atoms with E-state index in [1.54, 1.807) is 66.9 Å². The Balaban J connectivity index is 1.69. The first-order valence-electron chi connectivity index (χ1n) is 7.94. The lowest BCUT2D eigenvalue weighted by Gasteiger charge is -2.07. The summed E-state index contributed by atoms with van der Waals surface area (Å²) in [6, 6.07) is 16.5. The number of carbonyl (C=O) groups excluding carboxylic acids is 2. The molecule has 134 valence electrons. The number of rotatable bonds is 5. The Labute approximate surface area is 160 Å². The Hall–Kier alpha value is -3.51. The summed E-state index contributed by atoms with van der Waals surface area (Å²) in [4.78, 5) is 28.1. The summed E-state index contributed by atoms with van der Waals surface area (Å²) in [5.74, 6) is -0.598. The quantitative estimate of drug-likeness (QED) is 0.317. The normalized spacial score (nSPS) is 10.6. The fourth-order valence-electron chi connectivity index (χ4n) is 2.15. The van der Waals surface area contributed by atoms with Crippen LogP contribution < -0.4 is 10.2 Å². The van der Waals surface area contributed by atoms with Gasteiger partial charge in [-0.2, -0.15) is 5.10 Å². The van der Waals surface area contributed by atoms with E-state index >= 15 is 0 Å². The number of hydrogen-bond acceptors (Lipinski definition) is 5. The summed E-state index contributed by atoms with van der Waals surface area (Å²) in [6.07, 6.45) is 4.41. The van der Waals surface area contributed by atoms with Gasteiger partial charge in [0.05, 0.1) is 17.3 Å². The maximum Gasteiger partial charge on any atom is 0.343 e. The Morgan fingerprint density at radius 2 is 1.78 bits per heavy atom. The van der Waals surface area contributed by atoms with Crippen molar-refractivity contribution in [1.82, 2.24) is 10.4 Å². The largest absolute Gasteiger partial charge is 0.422 e. The van der Waals surface area contributed by atoms with E-state index in [1.165, 1.54) is 12.4 Å². The van der Waals surface area contributed by atoms with Gasteiger partial charge in [-0.25, -0.2) is 10.2 Å². The predicted molar refractivity (Wildman–Crippen MR) is 102 cm³/mol. The maximum atomic E-state index is 12.3. The summed E-state index contributed by atoms with van der Waals surface area (Å²) in [5, 5.41) is 4.44. The van der Waals surface area contributed by atoms with Gasteiger partial charge < -0.3 is 4.74 Å². The number of hydrazone groups is 1. The first-order chi connectivity index (χ1) is 13.1. The van der Waals surface area contributed by atoms with Crippen LogP contribution in [0.1, 0.15) is 26.3 Å². The van der Waals surface area contributed by atoms with Crippen LogP contribution in [0.5, 0.6) is 5.75 Å². The molecule has 2 aromatic carbocycles. The number of hydrogen-bond donors (Lipinski definition) is 1. The van der Waals surface area contributed by atoms with E-state index < -0.39 is 11.9 Å². The average molecular weight is 380 g/mol. The van der Waals surface area contributed by atoms with Crippen LogP contribution in [0.3, 0.4) is 0 Å². The first kappa shape index (κ1) is 18.3. The highest BCUT2D eigenvalue weighted by Crippen LogP contribution is 2.18. The molecule has 0 saturated carbocycles. The second-order valence-electron chi connectivity index (χ2n) is 5.38. The third-order valence-corrected chi connectivity index (χ3v) is 3.75. The van der Waals surface area contributed by atoms with Crippen molar-refractivity contribution in [2.75, 3.05) is 0 Å². The highest BCUT2D eigenvalue weighted by molar-refractivity contribution is 6.30. The van der Waals surface area contributed by atoms with Crippen molar-refractivity contribution in [2.24, 2.45) is 5.10 Å². The van der Waals surface area contributed by atoms with Crippen LogP contribution in [0.15, 0.2) is 78.2 Å². The summed E-state index contributed by atoms with van der Waals surface area (Å²) in [5.41, 5.74) is 3.69. The van der Waals surface area contributed by atoms with Crippen LogP contribution in [-0.2, 0) is 0 Å². The minimum Gasteiger partial charge on any atom is -0.422 e. The summed E-state index contributed by atoms with van der Waals surface area (Å²) in [6.45, 7) is 0. The lowest BCUT2D eigenvalue weighted by Crippen LogP contribution is -2.17. The molecule has 3 aromatic rings. The van der Waals surface area contributed by atoms with E-state index in [0.717, 1.165) is 0 Å². The molecule has 0 aliphatic carbocycles. The van der Waals surface area contributed by atoms with Gasteiger partial charge in [0.1, 0.15) is 5.75 Å². The lowest BCUT2D eigenvalue weighted by atomic mass is 10.2. The minimum atomic E-state index is -0.521. The number of benzene rings is 2. The molecule has 0 atom stereocenters. The molecule has 6 nitrogen and oxygen atoms in total. The molecule has 1 aromatic heterocycles. The predicted octanol–water partition coefficient (Wildman–Crippen LogP) is 3.72. The molecule has 7 heteroatoms. The average Bonchev–Trinajstić information content (AvgIpc) is 2.70.